The zero-order chi connectivity index (χ0) is 10.6. The van der Waals surface area contributed by atoms with Crippen molar-refractivity contribution in [1.29, 1.82) is 0 Å². The monoisotopic (exact) mass is 206 g/mol. The van der Waals surface area contributed by atoms with Crippen LogP contribution >= 0.6 is 0 Å². The third-order valence-corrected chi connectivity index (χ3v) is 2.46. The molecule has 0 amide bonds. The molecule has 0 spiro atoms. The molecule has 0 bridgehead atoms. The van der Waals surface area contributed by atoms with E-state index in [1.807, 2.05) is 0 Å². The first-order chi connectivity index (χ1) is 6.78. The molecule has 0 unspecified atom stereocenters. The predicted molar refractivity (Wildman–Crippen MR) is 49.1 cm³/mol. The molecule has 0 saturated carbocycles. The van der Waals surface area contributed by atoms with Crippen LogP contribution in [0, 0.1) is 0 Å². The van der Waals surface area contributed by atoms with Gasteiger partial charge in [0, 0.05) is 28.4 Å². The molecule has 84 valence electrons. The lowest BCUT2D eigenvalue weighted by atomic mass is 10.0. The summed E-state index contributed by atoms with van der Waals surface area (Å²) in [5.74, 6) is 0. The van der Waals surface area contributed by atoms with E-state index in [4.69, 9.17) is 23.7 Å². The second kappa shape index (κ2) is 5.63. The summed E-state index contributed by atoms with van der Waals surface area (Å²) < 4.78 is 26.4. The van der Waals surface area contributed by atoms with Crippen molar-refractivity contribution in [3.63, 3.8) is 0 Å². The maximum absolute atomic E-state index is 5.41. The molecule has 0 N–H and O–H groups in total. The highest BCUT2D eigenvalue weighted by Gasteiger charge is 2.41. The van der Waals surface area contributed by atoms with Crippen LogP contribution in [0.3, 0.4) is 0 Å². The molecule has 0 aromatic carbocycles. The zero-order valence-electron chi connectivity index (χ0n) is 9.06. The zero-order valence-corrected chi connectivity index (χ0v) is 9.06. The van der Waals surface area contributed by atoms with Crippen molar-refractivity contribution in [2.45, 2.75) is 24.6 Å². The SMILES string of the molecule is CO[C@@H]1OC[C@H](OC)[C@@H](OC)[C@H]1OC. The van der Waals surface area contributed by atoms with Crippen molar-refractivity contribution >= 4 is 0 Å². The number of ether oxygens (including phenoxy) is 5. The Bertz CT molecular complexity index is 145. The molecule has 1 fully saturated rings. The van der Waals surface area contributed by atoms with E-state index in [-0.39, 0.29) is 18.3 Å². The molecule has 1 heterocycles. The predicted octanol–water partition coefficient (Wildman–Crippen LogP) is 0.0341. The summed E-state index contributed by atoms with van der Waals surface area (Å²) in [6.07, 6.45) is -0.930. The van der Waals surface area contributed by atoms with Crippen molar-refractivity contribution in [3.8, 4) is 0 Å². The van der Waals surface area contributed by atoms with Gasteiger partial charge in [-0.05, 0) is 0 Å². The lowest BCUT2D eigenvalue weighted by Crippen LogP contribution is -2.55. The molecule has 0 radical (unpaired) electrons. The Morgan fingerprint density at radius 2 is 1.50 bits per heavy atom. The van der Waals surface area contributed by atoms with E-state index < -0.39 is 6.29 Å². The molecule has 4 atom stereocenters. The van der Waals surface area contributed by atoms with E-state index in [9.17, 15) is 0 Å². The summed E-state index contributed by atoms with van der Waals surface area (Å²) >= 11 is 0. The van der Waals surface area contributed by atoms with Crippen LogP contribution in [0.4, 0.5) is 0 Å². The summed E-state index contributed by atoms with van der Waals surface area (Å²) in [4.78, 5) is 0. The maximum atomic E-state index is 5.41. The Morgan fingerprint density at radius 1 is 0.857 bits per heavy atom. The minimum absolute atomic E-state index is 0.114. The lowest BCUT2D eigenvalue weighted by Gasteiger charge is -2.39. The highest BCUT2D eigenvalue weighted by Crippen LogP contribution is 2.22. The van der Waals surface area contributed by atoms with E-state index in [2.05, 4.69) is 0 Å². The topological polar surface area (TPSA) is 46.2 Å². The summed E-state index contributed by atoms with van der Waals surface area (Å²) in [6, 6.07) is 0. The Morgan fingerprint density at radius 3 is 1.93 bits per heavy atom. The number of hydrogen-bond donors (Lipinski definition) is 0. The minimum atomic E-state index is -0.392. The van der Waals surface area contributed by atoms with Gasteiger partial charge < -0.3 is 23.7 Å². The molecular formula is C9H18O5. The van der Waals surface area contributed by atoms with Crippen LogP contribution in [0.5, 0.6) is 0 Å². The van der Waals surface area contributed by atoms with Gasteiger partial charge in [0.2, 0.25) is 0 Å². The number of methoxy groups -OCH3 is 4. The van der Waals surface area contributed by atoms with Crippen LogP contribution < -0.4 is 0 Å². The average molecular weight is 206 g/mol. The van der Waals surface area contributed by atoms with Crippen molar-refractivity contribution in [2.24, 2.45) is 0 Å². The second-order valence-electron chi connectivity index (χ2n) is 3.11. The standard InChI is InChI=1S/C9H18O5/c1-10-6-5-14-9(13-4)8(12-3)7(6)11-2/h6-9H,5H2,1-4H3/t6-,7+,8+,9+/m0/s1. The first kappa shape index (κ1) is 11.9. The van der Waals surface area contributed by atoms with Crippen molar-refractivity contribution in [2.75, 3.05) is 35.0 Å². The van der Waals surface area contributed by atoms with Gasteiger partial charge in [0.05, 0.1) is 6.61 Å². The van der Waals surface area contributed by atoms with Gasteiger partial charge in [-0.1, -0.05) is 0 Å². The third kappa shape index (κ3) is 2.24. The largest absolute Gasteiger partial charge is 0.376 e. The summed E-state index contributed by atoms with van der Waals surface area (Å²) in [6.45, 7) is 0.452. The first-order valence-electron chi connectivity index (χ1n) is 4.51. The van der Waals surface area contributed by atoms with E-state index >= 15 is 0 Å². The molecule has 14 heavy (non-hydrogen) atoms. The highest BCUT2D eigenvalue weighted by molar-refractivity contribution is 4.85. The van der Waals surface area contributed by atoms with Gasteiger partial charge in [0.1, 0.15) is 18.3 Å². The number of rotatable bonds is 4. The van der Waals surface area contributed by atoms with E-state index in [1.165, 1.54) is 0 Å². The van der Waals surface area contributed by atoms with Crippen LogP contribution in [-0.2, 0) is 23.7 Å². The van der Waals surface area contributed by atoms with Gasteiger partial charge in [-0.25, -0.2) is 0 Å². The Kier molecular flexibility index (Phi) is 4.77. The van der Waals surface area contributed by atoms with Crippen LogP contribution in [0.25, 0.3) is 0 Å². The Balaban J connectivity index is 2.67. The Hall–Kier alpha value is -0.200. The summed E-state index contributed by atoms with van der Waals surface area (Å²) in [5, 5.41) is 0. The van der Waals surface area contributed by atoms with Crippen molar-refractivity contribution < 1.29 is 23.7 Å². The fourth-order valence-electron chi connectivity index (χ4n) is 1.68. The van der Waals surface area contributed by atoms with E-state index in [1.54, 1.807) is 28.4 Å². The van der Waals surface area contributed by atoms with E-state index in [0.29, 0.717) is 6.61 Å². The van der Waals surface area contributed by atoms with Crippen molar-refractivity contribution in [3.05, 3.63) is 0 Å². The van der Waals surface area contributed by atoms with Gasteiger partial charge >= 0.3 is 0 Å². The first-order valence-corrected chi connectivity index (χ1v) is 4.51. The second-order valence-corrected chi connectivity index (χ2v) is 3.11. The van der Waals surface area contributed by atoms with Crippen LogP contribution in [-0.4, -0.2) is 59.6 Å². The minimum Gasteiger partial charge on any atom is -0.376 e. The van der Waals surface area contributed by atoms with Gasteiger partial charge in [-0.3, -0.25) is 0 Å². The molecular weight excluding hydrogens is 188 g/mol. The quantitative estimate of drug-likeness (QED) is 0.649. The van der Waals surface area contributed by atoms with Crippen LogP contribution in [0.2, 0.25) is 0 Å². The fourth-order valence-corrected chi connectivity index (χ4v) is 1.68. The lowest BCUT2D eigenvalue weighted by molar-refractivity contribution is -0.276. The van der Waals surface area contributed by atoms with Gasteiger partial charge in [0.15, 0.2) is 6.29 Å². The highest BCUT2D eigenvalue weighted by atomic mass is 16.7. The summed E-state index contributed by atoms with van der Waals surface area (Å²) in [5.41, 5.74) is 0. The molecule has 5 nitrogen and oxygen atoms in total. The molecule has 1 aliphatic heterocycles. The van der Waals surface area contributed by atoms with Crippen LogP contribution in [0.1, 0.15) is 0 Å². The van der Waals surface area contributed by atoms with Gasteiger partial charge in [-0.15, -0.1) is 0 Å². The molecule has 1 aliphatic rings. The molecule has 1 saturated heterocycles. The van der Waals surface area contributed by atoms with Gasteiger partial charge in [0.25, 0.3) is 0 Å². The average Bonchev–Trinajstić information content (AvgIpc) is 2.26. The Labute approximate surface area is 84.2 Å². The van der Waals surface area contributed by atoms with Gasteiger partial charge in [-0.2, -0.15) is 0 Å². The maximum Gasteiger partial charge on any atom is 0.186 e. The third-order valence-electron chi connectivity index (χ3n) is 2.46. The molecule has 1 rings (SSSR count). The fraction of sp³-hybridized carbons (Fsp3) is 1.00. The molecule has 0 aliphatic carbocycles. The van der Waals surface area contributed by atoms with Crippen molar-refractivity contribution in [1.82, 2.24) is 0 Å². The normalized spacial score (nSPS) is 38.6. The smallest absolute Gasteiger partial charge is 0.186 e. The molecule has 0 aromatic rings. The molecule has 5 heteroatoms. The molecule has 0 aromatic heterocycles. The summed E-state index contributed by atoms with van der Waals surface area (Å²) in [7, 11) is 6.43. The number of hydrogen-bond acceptors (Lipinski definition) is 5. The van der Waals surface area contributed by atoms with Crippen LogP contribution in [0.15, 0.2) is 0 Å². The van der Waals surface area contributed by atoms with E-state index in [0.717, 1.165) is 0 Å².